The van der Waals surface area contributed by atoms with E-state index in [1.54, 1.807) is 25.1 Å². The van der Waals surface area contributed by atoms with E-state index < -0.39 is 34.3 Å². The van der Waals surface area contributed by atoms with Crippen molar-refractivity contribution in [3.05, 3.63) is 88.2 Å². The minimum atomic E-state index is -4.32. The monoisotopic (exact) mass is 651 g/mol. The molecular weight excluding hydrogens is 616 g/mol. The van der Waals surface area contributed by atoms with Gasteiger partial charge in [-0.2, -0.15) is 0 Å². The molecule has 0 saturated carbocycles. The lowest BCUT2D eigenvalue weighted by atomic mass is 10.1. The van der Waals surface area contributed by atoms with Crippen LogP contribution in [-0.4, -0.2) is 50.9 Å². The Morgan fingerprint density at radius 2 is 1.60 bits per heavy atom. The lowest BCUT2D eigenvalue weighted by Gasteiger charge is -2.33. The highest BCUT2D eigenvalue weighted by atomic mass is 35.5. The highest BCUT2D eigenvalue weighted by Crippen LogP contribution is 2.28. The van der Waals surface area contributed by atoms with E-state index in [0.717, 1.165) is 16.4 Å². The Morgan fingerprint density at radius 1 is 0.953 bits per heavy atom. The molecule has 0 saturated heterocycles. The maximum Gasteiger partial charge on any atom is 0.264 e. The van der Waals surface area contributed by atoms with Gasteiger partial charge in [0, 0.05) is 13.1 Å². The van der Waals surface area contributed by atoms with Crippen LogP contribution in [0, 0.1) is 11.7 Å². The van der Waals surface area contributed by atoms with E-state index >= 15 is 0 Å². The quantitative estimate of drug-likeness (QED) is 0.221. The molecule has 3 aromatic carbocycles. The number of hydrogen-bond donors (Lipinski definition) is 1. The van der Waals surface area contributed by atoms with Crippen LogP contribution >= 0.6 is 23.2 Å². The van der Waals surface area contributed by atoms with Crippen molar-refractivity contribution in [2.75, 3.05) is 24.0 Å². The third-order valence-electron chi connectivity index (χ3n) is 6.52. The smallest absolute Gasteiger partial charge is 0.264 e. The number of nitrogens with one attached hydrogen (secondary N) is 1. The topological polar surface area (TPSA) is 96.0 Å². The summed E-state index contributed by atoms with van der Waals surface area (Å²) >= 11 is 12.3. The minimum absolute atomic E-state index is 0.0380. The van der Waals surface area contributed by atoms with E-state index in [1.807, 2.05) is 20.8 Å². The highest BCUT2D eigenvalue weighted by Gasteiger charge is 2.34. The van der Waals surface area contributed by atoms with Gasteiger partial charge in [-0.05, 0) is 85.5 Å². The van der Waals surface area contributed by atoms with Gasteiger partial charge in [0.05, 0.1) is 27.2 Å². The fraction of sp³-hybridized carbons (Fsp3) is 0.355. The van der Waals surface area contributed by atoms with Crippen molar-refractivity contribution >= 4 is 50.7 Å². The predicted molar refractivity (Wildman–Crippen MR) is 167 cm³/mol. The lowest BCUT2D eigenvalue weighted by molar-refractivity contribution is -0.140. The number of halogens is 3. The summed E-state index contributed by atoms with van der Waals surface area (Å²) in [5, 5.41) is 3.47. The predicted octanol–water partition coefficient (Wildman–Crippen LogP) is 6.31. The maximum atomic E-state index is 14.1. The van der Waals surface area contributed by atoms with E-state index in [1.165, 1.54) is 41.3 Å². The van der Waals surface area contributed by atoms with E-state index in [4.69, 9.17) is 27.9 Å². The highest BCUT2D eigenvalue weighted by molar-refractivity contribution is 7.92. The van der Waals surface area contributed by atoms with Gasteiger partial charge < -0.3 is 15.0 Å². The Kier molecular flexibility index (Phi) is 12.2. The molecule has 43 heavy (non-hydrogen) atoms. The summed E-state index contributed by atoms with van der Waals surface area (Å²) in [4.78, 5) is 28.6. The molecule has 1 atom stereocenters. The Morgan fingerprint density at radius 3 is 2.16 bits per heavy atom. The zero-order valence-corrected chi connectivity index (χ0v) is 26.8. The van der Waals surface area contributed by atoms with E-state index in [9.17, 15) is 22.4 Å². The van der Waals surface area contributed by atoms with Crippen LogP contribution in [-0.2, 0) is 26.2 Å². The number of benzene rings is 3. The zero-order chi connectivity index (χ0) is 31.7. The van der Waals surface area contributed by atoms with Gasteiger partial charge in [-0.25, -0.2) is 12.8 Å². The first-order valence-corrected chi connectivity index (χ1v) is 16.1. The molecule has 1 unspecified atom stereocenters. The average Bonchev–Trinajstić information content (AvgIpc) is 2.97. The van der Waals surface area contributed by atoms with Gasteiger partial charge in [-0.1, -0.05) is 50.0 Å². The molecule has 12 heteroatoms. The molecule has 1 N–H and O–H groups in total. The van der Waals surface area contributed by atoms with Gasteiger partial charge in [0.25, 0.3) is 10.0 Å². The number of carbonyl (C=O) groups is 2. The lowest BCUT2D eigenvalue weighted by Crippen LogP contribution is -2.52. The molecule has 0 aromatic heterocycles. The largest absolute Gasteiger partial charge is 0.494 e. The summed E-state index contributed by atoms with van der Waals surface area (Å²) in [6.07, 6.45) is 0.263. The first-order chi connectivity index (χ1) is 20.4. The Balaban J connectivity index is 2.05. The summed E-state index contributed by atoms with van der Waals surface area (Å²) in [5.74, 6) is -0.919. The van der Waals surface area contributed by atoms with Crippen LogP contribution < -0.4 is 14.4 Å². The zero-order valence-electron chi connectivity index (χ0n) is 24.5. The molecule has 0 aliphatic heterocycles. The molecule has 3 rings (SSSR count). The van der Waals surface area contributed by atoms with Crippen molar-refractivity contribution in [2.45, 2.75) is 51.6 Å². The number of amides is 2. The molecule has 0 radical (unpaired) electrons. The van der Waals surface area contributed by atoms with Crippen molar-refractivity contribution < 1.29 is 27.1 Å². The number of anilines is 1. The summed E-state index contributed by atoms with van der Waals surface area (Å²) < 4.78 is 48.1. The molecule has 0 spiro atoms. The summed E-state index contributed by atoms with van der Waals surface area (Å²) in [7, 11) is -4.32. The molecule has 3 aromatic rings. The Labute approximate surface area is 262 Å². The van der Waals surface area contributed by atoms with E-state index in [-0.39, 0.29) is 40.4 Å². The van der Waals surface area contributed by atoms with Crippen molar-refractivity contribution in [1.29, 1.82) is 0 Å². The van der Waals surface area contributed by atoms with Gasteiger partial charge in [0.15, 0.2) is 0 Å². The van der Waals surface area contributed by atoms with Crippen LogP contribution in [0.5, 0.6) is 5.75 Å². The van der Waals surface area contributed by atoms with Crippen LogP contribution in [0.3, 0.4) is 0 Å². The number of carbonyl (C=O) groups excluding carboxylic acids is 2. The fourth-order valence-corrected chi connectivity index (χ4v) is 6.05. The molecule has 232 valence electrons. The Hall–Kier alpha value is -3.34. The second kappa shape index (κ2) is 15.4. The van der Waals surface area contributed by atoms with Gasteiger partial charge in [-0.15, -0.1) is 0 Å². The van der Waals surface area contributed by atoms with Gasteiger partial charge in [-0.3, -0.25) is 13.9 Å². The molecule has 0 fully saturated rings. The van der Waals surface area contributed by atoms with Crippen LogP contribution in [0.1, 0.15) is 39.7 Å². The van der Waals surface area contributed by atoms with Gasteiger partial charge in [0.1, 0.15) is 24.2 Å². The SMILES string of the molecule is CCOc1ccc(S(=O)(=O)N(CC(=O)N(Cc2ccc(Cl)c(Cl)c2)C(CC)C(=O)NCC(C)C)c2ccc(F)cc2)cc1. The third kappa shape index (κ3) is 9.08. The van der Waals surface area contributed by atoms with E-state index in [2.05, 4.69) is 5.32 Å². The maximum absolute atomic E-state index is 14.1. The minimum Gasteiger partial charge on any atom is -0.494 e. The van der Waals surface area contributed by atoms with Gasteiger partial charge >= 0.3 is 0 Å². The van der Waals surface area contributed by atoms with Gasteiger partial charge in [0.2, 0.25) is 11.8 Å². The number of nitrogens with zero attached hydrogens (tertiary/aromatic N) is 2. The van der Waals surface area contributed by atoms with Crippen molar-refractivity contribution in [2.24, 2.45) is 5.92 Å². The number of ether oxygens (including phenoxy) is 1. The molecule has 0 bridgehead atoms. The average molecular weight is 653 g/mol. The third-order valence-corrected chi connectivity index (χ3v) is 9.05. The molecule has 8 nitrogen and oxygen atoms in total. The molecule has 0 aliphatic rings. The Bertz CT molecular complexity index is 1500. The fourth-order valence-electron chi connectivity index (χ4n) is 4.31. The van der Waals surface area contributed by atoms with Crippen LogP contribution in [0.4, 0.5) is 10.1 Å². The van der Waals surface area contributed by atoms with Crippen molar-refractivity contribution in [3.8, 4) is 5.75 Å². The summed E-state index contributed by atoms with van der Waals surface area (Å²) in [5.41, 5.74) is 0.677. The standard InChI is InChI=1S/C31H36Cl2FN3O5S/c1-5-29(31(39)35-18-21(3)4)36(19-22-7-16-27(32)28(33)17-22)30(38)20-37(24-10-8-23(34)9-11-24)43(40,41)26-14-12-25(13-15-26)42-6-2/h7-17,21,29H,5-6,18-20H2,1-4H3,(H,35,39). The molecular formula is C31H36Cl2FN3O5S. The van der Waals surface area contributed by atoms with Crippen LogP contribution in [0.2, 0.25) is 10.0 Å². The second-order valence-electron chi connectivity index (χ2n) is 10.2. The molecule has 0 aliphatic carbocycles. The number of hydrogen-bond acceptors (Lipinski definition) is 5. The van der Waals surface area contributed by atoms with E-state index in [0.29, 0.717) is 29.5 Å². The summed E-state index contributed by atoms with van der Waals surface area (Å²) in [6.45, 7) is 7.59. The number of sulfonamides is 1. The summed E-state index contributed by atoms with van der Waals surface area (Å²) in [6, 6.07) is 14.5. The molecule has 0 heterocycles. The normalized spacial score (nSPS) is 12.1. The first kappa shape index (κ1) is 34.2. The van der Waals surface area contributed by atoms with Crippen LogP contribution in [0.15, 0.2) is 71.6 Å². The first-order valence-electron chi connectivity index (χ1n) is 13.9. The molecule has 2 amide bonds. The van der Waals surface area contributed by atoms with Crippen LogP contribution in [0.25, 0.3) is 0 Å². The number of rotatable bonds is 14. The van der Waals surface area contributed by atoms with Crippen molar-refractivity contribution in [1.82, 2.24) is 10.2 Å². The second-order valence-corrected chi connectivity index (χ2v) is 12.9. The van der Waals surface area contributed by atoms with Crippen molar-refractivity contribution in [3.63, 3.8) is 0 Å².